The molecule has 0 radical (unpaired) electrons. The second kappa shape index (κ2) is 7.80. The van der Waals surface area contributed by atoms with Gasteiger partial charge in [-0.15, -0.1) is 0 Å². The molecule has 1 aromatic carbocycles. The van der Waals surface area contributed by atoms with Crippen molar-refractivity contribution < 1.29 is 4.74 Å². The minimum absolute atomic E-state index is 0.00968. The average Bonchev–Trinajstić information content (AvgIpc) is 3.06. The molecule has 3 rings (SSSR count). The molecule has 0 spiro atoms. The third kappa shape index (κ3) is 3.91. The van der Waals surface area contributed by atoms with Gasteiger partial charge in [0.05, 0.1) is 6.04 Å². The van der Waals surface area contributed by atoms with Crippen molar-refractivity contribution in [2.75, 3.05) is 12.4 Å². The largest absolute Gasteiger partial charge is 0.375 e. The van der Waals surface area contributed by atoms with Gasteiger partial charge in [-0.2, -0.15) is 14.6 Å². The zero-order chi connectivity index (χ0) is 17.8. The van der Waals surface area contributed by atoms with Crippen molar-refractivity contribution in [2.45, 2.75) is 38.8 Å². The molecule has 0 saturated carbocycles. The van der Waals surface area contributed by atoms with Gasteiger partial charge in [-0.3, -0.25) is 0 Å². The Bertz CT molecular complexity index is 833. The molecule has 132 valence electrons. The van der Waals surface area contributed by atoms with Gasteiger partial charge in [-0.25, -0.2) is 4.98 Å². The molecule has 6 nitrogen and oxygen atoms in total. The first-order valence-corrected chi connectivity index (χ1v) is 8.74. The zero-order valence-corrected chi connectivity index (χ0v) is 15.4. The van der Waals surface area contributed by atoms with Crippen LogP contribution in [0.4, 0.5) is 5.82 Å². The maximum Gasteiger partial charge on any atom is 0.254 e. The summed E-state index contributed by atoms with van der Waals surface area (Å²) in [7, 11) is 1.71. The van der Waals surface area contributed by atoms with Crippen molar-refractivity contribution in [3.8, 4) is 0 Å². The van der Waals surface area contributed by atoms with Crippen LogP contribution in [-0.4, -0.2) is 32.7 Å². The van der Waals surface area contributed by atoms with Crippen molar-refractivity contribution in [2.24, 2.45) is 0 Å². The summed E-state index contributed by atoms with van der Waals surface area (Å²) in [6.07, 6.45) is 3.31. The standard InChI is InChI=1S/C18H22ClN5O/c1-4-5-15-10-16(24-18(23-15)20-11-21-24)22-12(2)17(25-3)13-6-8-14(19)9-7-13/h6-12,17,22H,4-5H2,1-3H3. The van der Waals surface area contributed by atoms with Gasteiger partial charge in [-0.1, -0.05) is 37.1 Å². The Labute approximate surface area is 152 Å². The number of nitrogens with zero attached hydrogens (tertiary/aromatic N) is 4. The number of rotatable bonds is 7. The Hall–Kier alpha value is -2.18. The van der Waals surface area contributed by atoms with Crippen LogP contribution in [-0.2, 0) is 11.2 Å². The SMILES string of the molecule is CCCc1cc(NC(C)C(OC)c2ccc(Cl)cc2)n2ncnc2n1. The van der Waals surface area contributed by atoms with Crippen LogP contribution in [0.2, 0.25) is 5.02 Å². The summed E-state index contributed by atoms with van der Waals surface area (Å²) >= 11 is 5.99. The molecule has 0 aliphatic carbocycles. The van der Waals surface area contributed by atoms with Gasteiger partial charge in [0.1, 0.15) is 18.2 Å². The summed E-state index contributed by atoms with van der Waals surface area (Å²) in [5.41, 5.74) is 2.06. The van der Waals surface area contributed by atoms with Gasteiger partial charge >= 0.3 is 0 Å². The highest BCUT2D eigenvalue weighted by atomic mass is 35.5. The Morgan fingerprint density at radius 1 is 1.28 bits per heavy atom. The first-order valence-electron chi connectivity index (χ1n) is 8.36. The van der Waals surface area contributed by atoms with E-state index in [2.05, 4.69) is 34.2 Å². The first kappa shape index (κ1) is 17.6. The number of hydrogen-bond donors (Lipinski definition) is 1. The number of nitrogens with one attached hydrogen (secondary N) is 1. The third-order valence-electron chi connectivity index (χ3n) is 4.09. The predicted molar refractivity (Wildman–Crippen MR) is 99.1 cm³/mol. The van der Waals surface area contributed by atoms with E-state index < -0.39 is 0 Å². The van der Waals surface area contributed by atoms with Crippen LogP contribution in [0.15, 0.2) is 36.7 Å². The highest BCUT2D eigenvalue weighted by Gasteiger charge is 2.20. The number of fused-ring (bicyclic) bond motifs is 1. The number of aromatic nitrogens is 4. The molecule has 3 aromatic rings. The number of aryl methyl sites for hydroxylation is 1. The van der Waals surface area contributed by atoms with Crippen molar-refractivity contribution in [1.29, 1.82) is 0 Å². The fourth-order valence-electron chi connectivity index (χ4n) is 2.94. The third-order valence-corrected chi connectivity index (χ3v) is 4.35. The number of hydrogen-bond acceptors (Lipinski definition) is 5. The van der Waals surface area contributed by atoms with E-state index in [9.17, 15) is 0 Å². The van der Waals surface area contributed by atoms with E-state index >= 15 is 0 Å². The summed E-state index contributed by atoms with van der Waals surface area (Å²) < 4.78 is 7.43. The Kier molecular flexibility index (Phi) is 5.50. The van der Waals surface area contributed by atoms with Gasteiger partial charge in [0, 0.05) is 23.9 Å². The van der Waals surface area contributed by atoms with Crippen LogP contribution in [0.25, 0.3) is 5.78 Å². The second-order valence-electron chi connectivity index (χ2n) is 6.00. The summed E-state index contributed by atoms with van der Waals surface area (Å²) in [5.74, 6) is 1.45. The monoisotopic (exact) mass is 359 g/mol. The lowest BCUT2D eigenvalue weighted by molar-refractivity contribution is 0.0906. The molecule has 0 amide bonds. The number of halogens is 1. The molecule has 2 aromatic heterocycles. The molecule has 0 aliphatic heterocycles. The molecule has 25 heavy (non-hydrogen) atoms. The topological polar surface area (TPSA) is 64.3 Å². The molecule has 2 atom stereocenters. The average molecular weight is 360 g/mol. The van der Waals surface area contributed by atoms with E-state index in [1.807, 2.05) is 30.3 Å². The number of methoxy groups -OCH3 is 1. The normalized spacial score (nSPS) is 13.8. The van der Waals surface area contributed by atoms with E-state index in [0.717, 1.165) is 29.9 Å². The van der Waals surface area contributed by atoms with E-state index in [0.29, 0.717) is 10.8 Å². The number of ether oxygens (including phenoxy) is 1. The molecular weight excluding hydrogens is 338 g/mol. The molecule has 7 heteroatoms. The highest BCUT2D eigenvalue weighted by molar-refractivity contribution is 6.30. The van der Waals surface area contributed by atoms with Gasteiger partial charge in [-0.05, 0) is 31.0 Å². The quantitative estimate of drug-likeness (QED) is 0.692. The maximum absolute atomic E-state index is 5.99. The van der Waals surface area contributed by atoms with Crippen LogP contribution < -0.4 is 5.32 Å². The van der Waals surface area contributed by atoms with E-state index in [1.165, 1.54) is 6.33 Å². The minimum atomic E-state index is -0.126. The fourth-order valence-corrected chi connectivity index (χ4v) is 3.06. The molecule has 2 unspecified atom stereocenters. The van der Waals surface area contributed by atoms with Crippen molar-refractivity contribution in [3.63, 3.8) is 0 Å². The highest BCUT2D eigenvalue weighted by Crippen LogP contribution is 2.25. The number of benzene rings is 1. The van der Waals surface area contributed by atoms with Crippen molar-refractivity contribution in [3.05, 3.63) is 52.9 Å². The Balaban J connectivity index is 1.88. The predicted octanol–water partition coefficient (Wildman–Crippen LogP) is 3.92. The lowest BCUT2D eigenvalue weighted by Gasteiger charge is -2.25. The second-order valence-corrected chi connectivity index (χ2v) is 6.43. The summed E-state index contributed by atoms with van der Waals surface area (Å²) in [5, 5.41) is 8.47. The minimum Gasteiger partial charge on any atom is -0.375 e. The summed E-state index contributed by atoms with van der Waals surface area (Å²) in [4.78, 5) is 8.75. The molecule has 0 bridgehead atoms. The van der Waals surface area contributed by atoms with E-state index in [1.54, 1.807) is 11.6 Å². The van der Waals surface area contributed by atoms with Crippen molar-refractivity contribution >= 4 is 23.2 Å². The lowest BCUT2D eigenvalue weighted by Crippen LogP contribution is -2.27. The molecule has 1 N–H and O–H groups in total. The lowest BCUT2D eigenvalue weighted by atomic mass is 10.0. The zero-order valence-electron chi connectivity index (χ0n) is 14.6. The van der Waals surface area contributed by atoms with E-state index in [4.69, 9.17) is 16.3 Å². The van der Waals surface area contributed by atoms with Crippen LogP contribution in [0.5, 0.6) is 0 Å². The Morgan fingerprint density at radius 2 is 2.04 bits per heavy atom. The van der Waals surface area contributed by atoms with Crippen LogP contribution in [0, 0.1) is 0 Å². The maximum atomic E-state index is 5.99. The van der Waals surface area contributed by atoms with E-state index in [-0.39, 0.29) is 12.1 Å². The van der Waals surface area contributed by atoms with Gasteiger partial charge in [0.15, 0.2) is 0 Å². The molecule has 0 saturated heterocycles. The summed E-state index contributed by atoms with van der Waals surface area (Å²) in [6, 6.07) is 9.74. The fraction of sp³-hybridized carbons (Fsp3) is 0.389. The molecule has 2 heterocycles. The van der Waals surface area contributed by atoms with Gasteiger partial charge in [0.2, 0.25) is 0 Å². The molecule has 0 fully saturated rings. The van der Waals surface area contributed by atoms with Crippen molar-refractivity contribution in [1.82, 2.24) is 19.6 Å². The summed E-state index contributed by atoms with van der Waals surface area (Å²) in [6.45, 7) is 4.21. The molecule has 0 aliphatic rings. The first-order chi connectivity index (χ1) is 12.1. The van der Waals surface area contributed by atoms with Gasteiger partial charge in [0.25, 0.3) is 5.78 Å². The Morgan fingerprint density at radius 3 is 2.72 bits per heavy atom. The number of anilines is 1. The van der Waals surface area contributed by atoms with Crippen LogP contribution in [0.3, 0.4) is 0 Å². The van der Waals surface area contributed by atoms with Crippen LogP contribution >= 0.6 is 11.6 Å². The van der Waals surface area contributed by atoms with Crippen LogP contribution in [0.1, 0.15) is 37.6 Å². The smallest absolute Gasteiger partial charge is 0.254 e. The molecular formula is C18H22ClN5O. The van der Waals surface area contributed by atoms with Gasteiger partial charge < -0.3 is 10.1 Å².